The molecule has 0 saturated carbocycles. The molecule has 0 aliphatic carbocycles. The van der Waals surface area contributed by atoms with Gasteiger partial charge < -0.3 is 25.3 Å². The smallest absolute Gasteiger partial charge is 0.348 e. The molecule has 0 atom stereocenters. The highest BCUT2D eigenvalue weighted by Gasteiger charge is 2.26. The monoisotopic (exact) mass is 392 g/mol. The molecule has 1 aromatic carbocycles. The number of amides is 2. The van der Waals surface area contributed by atoms with Crippen molar-refractivity contribution >= 4 is 34.1 Å². The van der Waals surface area contributed by atoms with Crippen LogP contribution in [0.5, 0.6) is 11.5 Å². The highest BCUT2D eigenvalue weighted by atomic mass is 32.1. The fourth-order valence-corrected chi connectivity index (χ4v) is 3.55. The molecule has 9 heteroatoms. The van der Waals surface area contributed by atoms with Gasteiger partial charge in [-0.2, -0.15) is 0 Å². The molecule has 1 aromatic heterocycles. The molecule has 2 rings (SSSR count). The third kappa shape index (κ3) is 4.20. The van der Waals surface area contributed by atoms with Gasteiger partial charge in [-0.05, 0) is 31.5 Å². The predicted octanol–water partition coefficient (Wildman–Crippen LogP) is 2.60. The first-order valence-corrected chi connectivity index (χ1v) is 8.79. The van der Waals surface area contributed by atoms with Gasteiger partial charge in [0.05, 0.1) is 32.0 Å². The first kappa shape index (κ1) is 20.2. The number of anilines is 1. The second-order valence-electron chi connectivity index (χ2n) is 5.37. The first-order valence-electron chi connectivity index (χ1n) is 7.97. The molecule has 0 unspecified atom stereocenters. The zero-order valence-corrected chi connectivity index (χ0v) is 16.2. The van der Waals surface area contributed by atoms with Crippen molar-refractivity contribution in [1.82, 2.24) is 0 Å². The number of benzene rings is 1. The normalized spacial score (nSPS) is 10.2. The number of thiophene rings is 1. The lowest BCUT2D eigenvalue weighted by Gasteiger charge is -2.10. The van der Waals surface area contributed by atoms with Crippen LogP contribution in [0.2, 0.25) is 0 Å². The number of methoxy groups -OCH3 is 2. The number of esters is 1. The maximum absolute atomic E-state index is 12.7. The molecular weight excluding hydrogens is 372 g/mol. The van der Waals surface area contributed by atoms with Crippen LogP contribution in [-0.2, 0) is 4.74 Å². The molecule has 0 spiro atoms. The molecule has 3 N–H and O–H groups in total. The van der Waals surface area contributed by atoms with Crippen molar-refractivity contribution in [3.63, 3.8) is 0 Å². The van der Waals surface area contributed by atoms with Crippen molar-refractivity contribution in [2.45, 2.75) is 13.8 Å². The summed E-state index contributed by atoms with van der Waals surface area (Å²) in [5.41, 5.74) is 6.10. The molecule has 0 aliphatic rings. The lowest BCUT2D eigenvalue weighted by atomic mass is 10.1. The number of rotatable bonds is 7. The summed E-state index contributed by atoms with van der Waals surface area (Å²) >= 11 is 0.934. The summed E-state index contributed by atoms with van der Waals surface area (Å²) in [6.07, 6.45) is 0. The Hall–Kier alpha value is -3.07. The lowest BCUT2D eigenvalue weighted by molar-refractivity contribution is 0.0531. The second kappa shape index (κ2) is 8.54. The van der Waals surface area contributed by atoms with E-state index < -0.39 is 17.8 Å². The van der Waals surface area contributed by atoms with E-state index in [2.05, 4.69) is 5.32 Å². The molecule has 0 radical (unpaired) electrons. The Morgan fingerprint density at radius 2 is 1.89 bits per heavy atom. The summed E-state index contributed by atoms with van der Waals surface area (Å²) in [5, 5.41) is 2.80. The third-order valence-corrected chi connectivity index (χ3v) is 4.92. The van der Waals surface area contributed by atoms with Gasteiger partial charge in [-0.15, -0.1) is 11.3 Å². The number of nitrogens with one attached hydrogen (secondary N) is 1. The van der Waals surface area contributed by atoms with Crippen LogP contribution in [0, 0.1) is 6.92 Å². The SMILES string of the molecule is CCOC(=O)c1sc(NC(=O)c2ccc(OC)cc2OC)c(C(N)=O)c1C. The van der Waals surface area contributed by atoms with Gasteiger partial charge in [0.25, 0.3) is 11.8 Å². The van der Waals surface area contributed by atoms with Gasteiger partial charge in [-0.25, -0.2) is 4.79 Å². The Morgan fingerprint density at radius 3 is 2.44 bits per heavy atom. The molecule has 144 valence electrons. The van der Waals surface area contributed by atoms with Crippen molar-refractivity contribution in [2.75, 3.05) is 26.1 Å². The van der Waals surface area contributed by atoms with E-state index in [-0.39, 0.29) is 27.6 Å². The zero-order valence-electron chi connectivity index (χ0n) is 15.4. The van der Waals surface area contributed by atoms with E-state index in [9.17, 15) is 14.4 Å². The summed E-state index contributed by atoms with van der Waals surface area (Å²) in [6.45, 7) is 3.44. The van der Waals surface area contributed by atoms with Crippen LogP contribution in [0.3, 0.4) is 0 Å². The minimum atomic E-state index is -0.753. The number of nitrogens with two attached hydrogens (primary N) is 1. The predicted molar refractivity (Wildman–Crippen MR) is 101 cm³/mol. The van der Waals surface area contributed by atoms with Crippen LogP contribution in [-0.4, -0.2) is 38.6 Å². The van der Waals surface area contributed by atoms with E-state index in [0.29, 0.717) is 17.1 Å². The van der Waals surface area contributed by atoms with Gasteiger partial charge in [-0.1, -0.05) is 0 Å². The van der Waals surface area contributed by atoms with Crippen LogP contribution in [0.15, 0.2) is 18.2 Å². The van der Waals surface area contributed by atoms with Crippen molar-refractivity contribution in [3.8, 4) is 11.5 Å². The molecule has 8 nitrogen and oxygen atoms in total. The fraction of sp³-hybridized carbons (Fsp3) is 0.278. The highest BCUT2D eigenvalue weighted by Crippen LogP contribution is 2.34. The molecule has 0 saturated heterocycles. The van der Waals surface area contributed by atoms with Crippen LogP contribution in [0.25, 0.3) is 0 Å². The highest BCUT2D eigenvalue weighted by molar-refractivity contribution is 7.18. The average Bonchev–Trinajstić information content (AvgIpc) is 2.97. The van der Waals surface area contributed by atoms with E-state index in [1.54, 1.807) is 26.0 Å². The van der Waals surface area contributed by atoms with E-state index in [0.717, 1.165) is 11.3 Å². The Morgan fingerprint density at radius 1 is 1.19 bits per heavy atom. The maximum Gasteiger partial charge on any atom is 0.348 e. The van der Waals surface area contributed by atoms with Gasteiger partial charge in [0.2, 0.25) is 0 Å². The minimum Gasteiger partial charge on any atom is -0.497 e. The summed E-state index contributed by atoms with van der Waals surface area (Å²) in [5.74, 6) is -1.03. The topological polar surface area (TPSA) is 117 Å². The van der Waals surface area contributed by atoms with Gasteiger partial charge in [0.15, 0.2) is 0 Å². The van der Waals surface area contributed by atoms with E-state index in [1.165, 1.54) is 20.3 Å². The Balaban J connectivity index is 2.42. The molecule has 0 fully saturated rings. The average molecular weight is 392 g/mol. The van der Waals surface area contributed by atoms with Crippen LogP contribution >= 0.6 is 11.3 Å². The number of carbonyl (C=O) groups excluding carboxylic acids is 3. The van der Waals surface area contributed by atoms with Crippen LogP contribution in [0.1, 0.15) is 42.9 Å². The van der Waals surface area contributed by atoms with Gasteiger partial charge >= 0.3 is 5.97 Å². The standard InChI is InChI=1S/C18H20N2O6S/c1-5-26-18(23)14-9(2)13(15(19)21)17(27-14)20-16(22)11-7-6-10(24-3)8-12(11)25-4/h6-8H,5H2,1-4H3,(H2,19,21)(H,20,22). The molecule has 0 aliphatic heterocycles. The molecule has 1 heterocycles. The van der Waals surface area contributed by atoms with Crippen molar-refractivity contribution in [2.24, 2.45) is 5.73 Å². The third-order valence-electron chi connectivity index (χ3n) is 3.73. The fourth-order valence-electron chi connectivity index (χ4n) is 2.45. The number of ether oxygens (including phenoxy) is 3. The van der Waals surface area contributed by atoms with Gasteiger partial charge in [0.1, 0.15) is 21.4 Å². The summed E-state index contributed by atoms with van der Waals surface area (Å²) in [7, 11) is 2.92. The Bertz CT molecular complexity index is 890. The molecular formula is C18H20N2O6S. The zero-order chi connectivity index (χ0) is 20.1. The molecule has 0 bridgehead atoms. The molecule has 2 amide bonds. The van der Waals surface area contributed by atoms with Crippen molar-refractivity contribution < 1.29 is 28.6 Å². The quantitative estimate of drug-likeness (QED) is 0.700. The molecule has 27 heavy (non-hydrogen) atoms. The number of primary amides is 1. The van der Waals surface area contributed by atoms with E-state index in [4.69, 9.17) is 19.9 Å². The summed E-state index contributed by atoms with van der Waals surface area (Å²) in [4.78, 5) is 36.8. The summed E-state index contributed by atoms with van der Waals surface area (Å²) < 4.78 is 15.3. The number of hydrogen-bond acceptors (Lipinski definition) is 7. The summed E-state index contributed by atoms with van der Waals surface area (Å²) in [6, 6.07) is 4.70. The lowest BCUT2D eigenvalue weighted by Crippen LogP contribution is -2.18. The van der Waals surface area contributed by atoms with Gasteiger partial charge in [-0.3, -0.25) is 9.59 Å². The van der Waals surface area contributed by atoms with Gasteiger partial charge in [0, 0.05) is 6.07 Å². The second-order valence-corrected chi connectivity index (χ2v) is 6.39. The minimum absolute atomic E-state index is 0.0730. The van der Waals surface area contributed by atoms with Crippen LogP contribution < -0.4 is 20.5 Å². The number of carbonyl (C=O) groups is 3. The van der Waals surface area contributed by atoms with E-state index in [1.807, 2.05) is 0 Å². The largest absolute Gasteiger partial charge is 0.497 e. The maximum atomic E-state index is 12.7. The van der Waals surface area contributed by atoms with E-state index >= 15 is 0 Å². The van der Waals surface area contributed by atoms with Crippen molar-refractivity contribution in [1.29, 1.82) is 0 Å². The number of hydrogen-bond donors (Lipinski definition) is 2. The Labute approximate surface area is 160 Å². The Kier molecular flexibility index (Phi) is 6.40. The first-order chi connectivity index (χ1) is 12.8. The molecule has 2 aromatic rings. The van der Waals surface area contributed by atoms with Crippen LogP contribution in [0.4, 0.5) is 5.00 Å². The van der Waals surface area contributed by atoms with Crippen molar-refractivity contribution in [3.05, 3.63) is 39.8 Å².